The molecule has 4 saturated carbocycles. The lowest BCUT2D eigenvalue weighted by atomic mass is 9.49. The van der Waals surface area contributed by atoms with Gasteiger partial charge in [0.2, 0.25) is 5.91 Å². The van der Waals surface area contributed by atoms with E-state index in [1.807, 2.05) is 7.05 Å². The lowest BCUT2D eigenvalue weighted by Gasteiger charge is -2.55. The summed E-state index contributed by atoms with van der Waals surface area (Å²) in [6.45, 7) is 1.65. The molecule has 0 atom stereocenters. The van der Waals surface area contributed by atoms with Crippen molar-refractivity contribution in [1.82, 2.24) is 10.6 Å². The number of hydrogen-bond acceptors (Lipinski definition) is 2. The maximum Gasteiger partial charge on any atom is 0.226 e. The number of likely N-dealkylation sites (N-methyl/N-ethyl adjacent to an activating group) is 1. The van der Waals surface area contributed by atoms with Gasteiger partial charge in [0.15, 0.2) is 0 Å². The van der Waals surface area contributed by atoms with Gasteiger partial charge in [0.1, 0.15) is 0 Å². The van der Waals surface area contributed by atoms with Crippen molar-refractivity contribution in [1.29, 1.82) is 0 Å². The van der Waals surface area contributed by atoms with Crippen molar-refractivity contribution in [2.24, 2.45) is 23.2 Å². The van der Waals surface area contributed by atoms with E-state index in [9.17, 15) is 4.79 Å². The molecule has 0 radical (unpaired) electrons. The molecule has 0 aromatic heterocycles. The summed E-state index contributed by atoms with van der Waals surface area (Å²) in [5.41, 5.74) is 0.0302. The molecule has 0 aromatic carbocycles. The monoisotopic (exact) mass is 236 g/mol. The molecule has 4 aliphatic rings. The van der Waals surface area contributed by atoms with Crippen molar-refractivity contribution in [2.45, 2.75) is 38.5 Å². The van der Waals surface area contributed by atoms with Gasteiger partial charge in [-0.25, -0.2) is 0 Å². The van der Waals surface area contributed by atoms with Crippen LogP contribution in [-0.2, 0) is 4.79 Å². The molecule has 0 heterocycles. The molecule has 0 aromatic rings. The van der Waals surface area contributed by atoms with E-state index in [-0.39, 0.29) is 5.41 Å². The Balaban J connectivity index is 1.67. The van der Waals surface area contributed by atoms with Crippen molar-refractivity contribution in [3.05, 3.63) is 0 Å². The van der Waals surface area contributed by atoms with E-state index < -0.39 is 0 Å². The fourth-order valence-corrected chi connectivity index (χ4v) is 4.88. The van der Waals surface area contributed by atoms with E-state index in [0.717, 1.165) is 30.8 Å². The van der Waals surface area contributed by atoms with Gasteiger partial charge in [-0.2, -0.15) is 0 Å². The van der Waals surface area contributed by atoms with Gasteiger partial charge >= 0.3 is 0 Å². The summed E-state index contributed by atoms with van der Waals surface area (Å²) in [5.74, 6) is 2.93. The maximum absolute atomic E-state index is 12.4. The van der Waals surface area contributed by atoms with Crippen molar-refractivity contribution >= 4 is 5.91 Å². The first-order valence-corrected chi connectivity index (χ1v) is 7.15. The van der Waals surface area contributed by atoms with Crippen LogP contribution in [0.1, 0.15) is 38.5 Å². The fourth-order valence-electron chi connectivity index (χ4n) is 4.88. The molecule has 4 fully saturated rings. The van der Waals surface area contributed by atoms with Crippen LogP contribution in [0.4, 0.5) is 0 Å². The molecule has 0 spiro atoms. The molecule has 0 unspecified atom stereocenters. The average Bonchev–Trinajstić information content (AvgIpc) is 2.27. The number of amides is 1. The van der Waals surface area contributed by atoms with Crippen LogP contribution in [0.3, 0.4) is 0 Å². The van der Waals surface area contributed by atoms with Crippen molar-refractivity contribution in [3.63, 3.8) is 0 Å². The summed E-state index contributed by atoms with van der Waals surface area (Å²) < 4.78 is 0. The summed E-state index contributed by atoms with van der Waals surface area (Å²) in [6, 6.07) is 0. The van der Waals surface area contributed by atoms with Gasteiger partial charge in [0, 0.05) is 18.5 Å². The molecule has 4 rings (SSSR count). The highest BCUT2D eigenvalue weighted by Crippen LogP contribution is 2.60. The second-order valence-electron chi connectivity index (χ2n) is 6.56. The van der Waals surface area contributed by atoms with Gasteiger partial charge < -0.3 is 10.6 Å². The predicted molar refractivity (Wildman–Crippen MR) is 67.5 cm³/mol. The first kappa shape index (κ1) is 11.5. The normalized spacial score (nSPS) is 42.8. The minimum Gasteiger partial charge on any atom is -0.354 e. The van der Waals surface area contributed by atoms with Crippen LogP contribution in [0.2, 0.25) is 0 Å². The quantitative estimate of drug-likeness (QED) is 0.727. The zero-order valence-electron chi connectivity index (χ0n) is 10.8. The Morgan fingerprint density at radius 2 is 1.59 bits per heavy atom. The van der Waals surface area contributed by atoms with Crippen LogP contribution in [0.15, 0.2) is 0 Å². The first-order chi connectivity index (χ1) is 8.22. The molecule has 17 heavy (non-hydrogen) atoms. The van der Waals surface area contributed by atoms with E-state index in [1.54, 1.807) is 0 Å². The highest BCUT2D eigenvalue weighted by molar-refractivity contribution is 5.83. The summed E-state index contributed by atoms with van der Waals surface area (Å²) in [6.07, 6.45) is 7.73. The van der Waals surface area contributed by atoms with Crippen LogP contribution in [0.5, 0.6) is 0 Å². The minimum atomic E-state index is 0.0302. The van der Waals surface area contributed by atoms with Crippen LogP contribution in [0, 0.1) is 23.2 Å². The summed E-state index contributed by atoms with van der Waals surface area (Å²) in [7, 11) is 1.93. The van der Waals surface area contributed by atoms with E-state index in [0.29, 0.717) is 5.91 Å². The minimum absolute atomic E-state index is 0.0302. The Bertz CT molecular complexity index is 278. The largest absolute Gasteiger partial charge is 0.354 e. The molecular formula is C14H24N2O. The lowest BCUT2D eigenvalue weighted by molar-refractivity contribution is -0.146. The van der Waals surface area contributed by atoms with Gasteiger partial charge in [-0.15, -0.1) is 0 Å². The average molecular weight is 236 g/mol. The number of carbonyl (C=O) groups is 1. The molecule has 4 aliphatic carbocycles. The van der Waals surface area contributed by atoms with Crippen LogP contribution in [0.25, 0.3) is 0 Å². The Hall–Kier alpha value is -0.570. The third-order valence-corrected chi connectivity index (χ3v) is 5.18. The molecule has 3 heteroatoms. The number of nitrogens with one attached hydrogen (secondary N) is 2. The summed E-state index contributed by atoms with van der Waals surface area (Å²) in [5, 5.41) is 6.22. The standard InChI is InChI=1S/C14H24N2O/c1-15-2-3-16-13(17)14-7-10-4-11(8-14)6-12(5-10)9-14/h10-12,15H,2-9H2,1H3,(H,16,17). The first-order valence-electron chi connectivity index (χ1n) is 7.15. The van der Waals surface area contributed by atoms with Gasteiger partial charge in [-0.1, -0.05) is 0 Å². The van der Waals surface area contributed by atoms with Crippen LogP contribution >= 0.6 is 0 Å². The lowest BCUT2D eigenvalue weighted by Crippen LogP contribution is -2.54. The topological polar surface area (TPSA) is 41.1 Å². The van der Waals surface area contributed by atoms with Crippen molar-refractivity contribution < 1.29 is 4.79 Å². The third-order valence-electron chi connectivity index (χ3n) is 5.18. The van der Waals surface area contributed by atoms with Crippen molar-refractivity contribution in [2.75, 3.05) is 20.1 Å². The Kier molecular flexibility index (Phi) is 2.89. The number of hydrogen-bond donors (Lipinski definition) is 2. The SMILES string of the molecule is CNCCNC(=O)C12CC3CC(CC(C3)C1)C2. The smallest absolute Gasteiger partial charge is 0.226 e. The molecule has 1 amide bonds. The molecule has 96 valence electrons. The maximum atomic E-state index is 12.4. The molecule has 3 nitrogen and oxygen atoms in total. The van der Waals surface area contributed by atoms with Gasteiger partial charge in [0.25, 0.3) is 0 Å². The molecule has 0 saturated heterocycles. The van der Waals surface area contributed by atoms with Gasteiger partial charge in [0.05, 0.1) is 0 Å². The van der Waals surface area contributed by atoms with E-state index >= 15 is 0 Å². The highest BCUT2D eigenvalue weighted by Gasteiger charge is 2.54. The number of rotatable bonds is 4. The predicted octanol–water partition coefficient (Wildman–Crippen LogP) is 1.54. The second-order valence-corrected chi connectivity index (χ2v) is 6.56. The summed E-state index contributed by atoms with van der Waals surface area (Å²) in [4.78, 5) is 12.4. The van der Waals surface area contributed by atoms with Crippen LogP contribution < -0.4 is 10.6 Å². The van der Waals surface area contributed by atoms with Crippen LogP contribution in [-0.4, -0.2) is 26.0 Å². The summed E-state index contributed by atoms with van der Waals surface area (Å²) >= 11 is 0. The van der Waals surface area contributed by atoms with E-state index in [4.69, 9.17) is 0 Å². The second kappa shape index (κ2) is 4.27. The van der Waals surface area contributed by atoms with E-state index in [2.05, 4.69) is 10.6 Å². The Morgan fingerprint density at radius 1 is 1.06 bits per heavy atom. The Labute approximate surface area is 104 Å². The van der Waals surface area contributed by atoms with E-state index in [1.165, 1.54) is 38.5 Å². The molecular weight excluding hydrogens is 212 g/mol. The zero-order chi connectivity index (χ0) is 11.9. The third kappa shape index (κ3) is 1.99. The molecule has 0 aliphatic heterocycles. The molecule has 4 bridgehead atoms. The number of carbonyl (C=O) groups excluding carboxylic acids is 1. The van der Waals surface area contributed by atoms with Crippen molar-refractivity contribution in [3.8, 4) is 0 Å². The zero-order valence-corrected chi connectivity index (χ0v) is 10.8. The van der Waals surface area contributed by atoms with Gasteiger partial charge in [-0.3, -0.25) is 4.79 Å². The fraction of sp³-hybridized carbons (Fsp3) is 0.929. The van der Waals surface area contributed by atoms with Gasteiger partial charge in [-0.05, 0) is 63.3 Å². The highest BCUT2D eigenvalue weighted by atomic mass is 16.2. The Morgan fingerprint density at radius 3 is 2.06 bits per heavy atom. The molecule has 2 N–H and O–H groups in total.